The Morgan fingerprint density at radius 3 is 3.08 bits per heavy atom. The van der Waals surface area contributed by atoms with E-state index < -0.39 is 0 Å². The lowest BCUT2D eigenvalue weighted by Crippen LogP contribution is -2.44. The summed E-state index contributed by atoms with van der Waals surface area (Å²) in [7, 11) is 0. The van der Waals surface area contributed by atoms with Crippen molar-refractivity contribution in [2.45, 2.75) is 18.9 Å². The predicted octanol–water partition coefficient (Wildman–Crippen LogP) is 1.30. The first kappa shape index (κ1) is 17.1. The highest BCUT2D eigenvalue weighted by Gasteiger charge is 2.43. The molecule has 2 aliphatic heterocycles. The van der Waals surface area contributed by atoms with Crippen LogP contribution in [0.1, 0.15) is 12.1 Å². The van der Waals surface area contributed by atoms with Gasteiger partial charge in [0, 0.05) is 31.4 Å². The summed E-state index contributed by atoms with van der Waals surface area (Å²) in [5.74, 6) is 2.08. The van der Waals surface area contributed by atoms with Crippen molar-refractivity contribution >= 4 is 11.6 Å². The lowest BCUT2D eigenvalue weighted by molar-refractivity contribution is -0.0457. The molecule has 8 nitrogen and oxygen atoms in total. The van der Waals surface area contributed by atoms with E-state index in [0.29, 0.717) is 25.7 Å². The molecule has 0 amide bonds. The minimum Gasteiger partial charge on any atom is -0.377 e. The van der Waals surface area contributed by atoms with E-state index >= 15 is 0 Å². The SMILES string of the molecule is Cc1ccc(NC[C@H]2CO[C@]3(COCCN(c4cnccn4)C3)C2)nn1. The summed E-state index contributed by atoms with van der Waals surface area (Å²) in [6.07, 6.45) is 6.15. The van der Waals surface area contributed by atoms with Gasteiger partial charge in [0.1, 0.15) is 17.2 Å². The summed E-state index contributed by atoms with van der Waals surface area (Å²) in [6, 6.07) is 3.92. The fraction of sp³-hybridized carbons (Fsp3) is 0.556. The maximum atomic E-state index is 6.24. The molecule has 2 atom stereocenters. The first-order valence-corrected chi connectivity index (χ1v) is 8.99. The van der Waals surface area contributed by atoms with Crippen LogP contribution in [0.3, 0.4) is 0 Å². The van der Waals surface area contributed by atoms with Crippen molar-refractivity contribution in [1.29, 1.82) is 0 Å². The molecule has 1 spiro atoms. The lowest BCUT2D eigenvalue weighted by atomic mass is 9.94. The summed E-state index contributed by atoms with van der Waals surface area (Å²) in [6.45, 7) is 6.31. The van der Waals surface area contributed by atoms with Crippen molar-refractivity contribution in [3.8, 4) is 0 Å². The van der Waals surface area contributed by atoms with Crippen LogP contribution in [0.4, 0.5) is 11.6 Å². The number of aryl methyl sites for hydroxylation is 1. The molecule has 4 heterocycles. The molecule has 0 bridgehead atoms. The summed E-state index contributed by atoms with van der Waals surface area (Å²) in [5, 5.41) is 11.6. The van der Waals surface area contributed by atoms with E-state index in [-0.39, 0.29) is 5.60 Å². The fourth-order valence-corrected chi connectivity index (χ4v) is 3.58. The van der Waals surface area contributed by atoms with E-state index in [9.17, 15) is 0 Å². The van der Waals surface area contributed by atoms with Gasteiger partial charge in [0.25, 0.3) is 0 Å². The molecule has 0 aliphatic carbocycles. The largest absolute Gasteiger partial charge is 0.377 e. The molecule has 8 heteroatoms. The summed E-state index contributed by atoms with van der Waals surface area (Å²) < 4.78 is 12.1. The Hall–Kier alpha value is -2.32. The van der Waals surface area contributed by atoms with Crippen LogP contribution >= 0.6 is 0 Å². The number of ether oxygens (including phenoxy) is 2. The van der Waals surface area contributed by atoms with Crippen molar-refractivity contribution in [1.82, 2.24) is 20.2 Å². The van der Waals surface area contributed by atoms with E-state index in [4.69, 9.17) is 9.47 Å². The number of aromatic nitrogens is 4. The van der Waals surface area contributed by atoms with Crippen LogP contribution in [0, 0.1) is 12.8 Å². The van der Waals surface area contributed by atoms with Crippen LogP contribution in [-0.4, -0.2) is 65.2 Å². The maximum Gasteiger partial charge on any atom is 0.148 e. The molecular formula is C18H24N6O2. The van der Waals surface area contributed by atoms with Crippen molar-refractivity contribution in [3.05, 3.63) is 36.4 Å². The molecule has 0 radical (unpaired) electrons. The van der Waals surface area contributed by atoms with E-state index in [2.05, 4.69) is 30.4 Å². The van der Waals surface area contributed by atoms with Gasteiger partial charge in [0.05, 0.1) is 38.3 Å². The normalized spacial score (nSPS) is 26.0. The lowest BCUT2D eigenvalue weighted by Gasteiger charge is -2.31. The third-order valence-corrected chi connectivity index (χ3v) is 4.88. The monoisotopic (exact) mass is 356 g/mol. The number of rotatable bonds is 4. The van der Waals surface area contributed by atoms with E-state index in [1.54, 1.807) is 18.6 Å². The first-order chi connectivity index (χ1) is 12.7. The second-order valence-electron chi connectivity index (χ2n) is 7.04. The van der Waals surface area contributed by atoms with Gasteiger partial charge >= 0.3 is 0 Å². The average molecular weight is 356 g/mol. The standard InChI is InChI=1S/C18H24N6O2/c1-14-2-3-16(23-22-14)21-9-15-8-18(26-11-15)12-24(6-7-25-13-18)17-10-19-4-5-20-17/h2-5,10,15H,6-9,11-13H2,1H3,(H,21,23)/t15-,18+/m0/s1. The van der Waals surface area contributed by atoms with Crippen LogP contribution in [0.2, 0.25) is 0 Å². The Morgan fingerprint density at radius 2 is 2.27 bits per heavy atom. The zero-order valence-electron chi connectivity index (χ0n) is 15.0. The van der Waals surface area contributed by atoms with Crippen molar-refractivity contribution in [3.63, 3.8) is 0 Å². The number of anilines is 2. The smallest absolute Gasteiger partial charge is 0.148 e. The molecule has 2 aliphatic rings. The summed E-state index contributed by atoms with van der Waals surface area (Å²) >= 11 is 0. The highest BCUT2D eigenvalue weighted by Crippen LogP contribution is 2.33. The zero-order chi connectivity index (χ0) is 17.8. The third-order valence-electron chi connectivity index (χ3n) is 4.88. The van der Waals surface area contributed by atoms with Gasteiger partial charge in [-0.3, -0.25) is 4.98 Å². The van der Waals surface area contributed by atoms with Crippen LogP contribution < -0.4 is 10.2 Å². The molecule has 1 N–H and O–H groups in total. The molecular weight excluding hydrogens is 332 g/mol. The molecule has 26 heavy (non-hydrogen) atoms. The van der Waals surface area contributed by atoms with Crippen molar-refractivity contribution in [2.75, 3.05) is 49.7 Å². The highest BCUT2D eigenvalue weighted by atomic mass is 16.5. The molecule has 0 unspecified atom stereocenters. The van der Waals surface area contributed by atoms with Crippen LogP contribution in [0.25, 0.3) is 0 Å². The Kier molecular flexibility index (Phi) is 4.94. The Balaban J connectivity index is 1.38. The molecule has 2 fully saturated rings. The Bertz CT molecular complexity index is 713. The highest BCUT2D eigenvalue weighted by molar-refractivity contribution is 5.36. The van der Waals surface area contributed by atoms with Crippen molar-refractivity contribution < 1.29 is 9.47 Å². The van der Waals surface area contributed by atoms with Crippen LogP contribution in [-0.2, 0) is 9.47 Å². The molecule has 2 aromatic rings. The van der Waals surface area contributed by atoms with Gasteiger partial charge in [-0.05, 0) is 25.5 Å². The van der Waals surface area contributed by atoms with Crippen LogP contribution in [0.5, 0.6) is 0 Å². The number of hydrogen-bond acceptors (Lipinski definition) is 8. The minimum atomic E-state index is -0.292. The summed E-state index contributed by atoms with van der Waals surface area (Å²) in [4.78, 5) is 10.8. The maximum absolute atomic E-state index is 6.24. The topological polar surface area (TPSA) is 85.3 Å². The predicted molar refractivity (Wildman–Crippen MR) is 97.1 cm³/mol. The number of hydrogen-bond donors (Lipinski definition) is 1. The fourth-order valence-electron chi connectivity index (χ4n) is 3.58. The minimum absolute atomic E-state index is 0.292. The van der Waals surface area contributed by atoms with Crippen LogP contribution in [0.15, 0.2) is 30.7 Å². The Labute approximate surface area is 153 Å². The second kappa shape index (κ2) is 7.51. The van der Waals surface area contributed by atoms with E-state index in [0.717, 1.165) is 43.4 Å². The van der Waals surface area contributed by atoms with Gasteiger partial charge in [-0.25, -0.2) is 4.98 Å². The average Bonchev–Trinajstić information content (AvgIpc) is 2.95. The quantitative estimate of drug-likeness (QED) is 0.877. The zero-order valence-corrected chi connectivity index (χ0v) is 15.0. The number of nitrogens with zero attached hydrogens (tertiary/aromatic N) is 5. The second-order valence-corrected chi connectivity index (χ2v) is 7.04. The summed E-state index contributed by atoms with van der Waals surface area (Å²) in [5.41, 5.74) is 0.623. The van der Waals surface area contributed by atoms with Gasteiger partial charge in [-0.2, -0.15) is 5.10 Å². The molecule has 0 saturated carbocycles. The first-order valence-electron chi connectivity index (χ1n) is 8.99. The molecule has 138 valence electrons. The van der Waals surface area contributed by atoms with Gasteiger partial charge in [-0.1, -0.05) is 0 Å². The Morgan fingerprint density at radius 1 is 1.31 bits per heavy atom. The molecule has 2 aromatic heterocycles. The van der Waals surface area contributed by atoms with Gasteiger partial charge < -0.3 is 19.7 Å². The number of nitrogens with one attached hydrogen (secondary N) is 1. The van der Waals surface area contributed by atoms with Gasteiger partial charge in [-0.15, -0.1) is 5.10 Å². The van der Waals surface area contributed by atoms with Crippen molar-refractivity contribution in [2.24, 2.45) is 5.92 Å². The van der Waals surface area contributed by atoms with Gasteiger partial charge in [0.2, 0.25) is 0 Å². The van der Waals surface area contributed by atoms with E-state index in [1.165, 1.54) is 0 Å². The molecule has 0 aromatic carbocycles. The molecule has 4 rings (SSSR count). The van der Waals surface area contributed by atoms with E-state index in [1.807, 2.05) is 19.1 Å². The molecule has 2 saturated heterocycles. The third kappa shape index (κ3) is 3.91. The van der Waals surface area contributed by atoms with Gasteiger partial charge in [0.15, 0.2) is 0 Å².